The minimum atomic E-state index is 0.149. The molecule has 2 aromatic rings. The van der Waals surface area contributed by atoms with Crippen LogP contribution in [0.1, 0.15) is 54.9 Å². The summed E-state index contributed by atoms with van der Waals surface area (Å²) < 4.78 is 17.8. The summed E-state index contributed by atoms with van der Waals surface area (Å²) in [5.74, 6) is 1.99. The minimum Gasteiger partial charge on any atom is -0.490 e. The average molecular weight is 396 g/mol. The third-order valence-corrected chi connectivity index (χ3v) is 6.23. The zero-order valence-electron chi connectivity index (χ0n) is 17.7. The minimum absolute atomic E-state index is 0.149. The molecule has 1 heterocycles. The molecule has 4 nitrogen and oxygen atoms in total. The summed E-state index contributed by atoms with van der Waals surface area (Å²) in [6.07, 6.45) is 7.05. The summed E-state index contributed by atoms with van der Waals surface area (Å²) in [6, 6.07) is 15.5. The molecule has 29 heavy (non-hydrogen) atoms. The van der Waals surface area contributed by atoms with Crippen LogP contribution in [0.2, 0.25) is 0 Å². The fourth-order valence-corrected chi connectivity index (χ4v) is 4.55. The van der Waals surface area contributed by atoms with Crippen molar-refractivity contribution in [3.8, 4) is 11.5 Å². The normalized spacial score (nSPS) is 23.9. The molecule has 1 fully saturated rings. The van der Waals surface area contributed by atoms with Gasteiger partial charge in [0.1, 0.15) is 17.6 Å². The molecule has 4 heteroatoms. The molecule has 1 unspecified atom stereocenters. The first-order chi connectivity index (χ1) is 14.2. The Hall–Kier alpha value is -2.04. The van der Waals surface area contributed by atoms with E-state index in [0.717, 1.165) is 50.3 Å². The maximum Gasteiger partial charge on any atom is 0.124 e. The van der Waals surface area contributed by atoms with Crippen LogP contribution in [-0.4, -0.2) is 32.4 Å². The lowest BCUT2D eigenvalue weighted by Crippen LogP contribution is -2.37. The van der Waals surface area contributed by atoms with E-state index in [0.29, 0.717) is 12.1 Å². The van der Waals surface area contributed by atoms with E-state index in [-0.39, 0.29) is 6.10 Å². The molecule has 1 atom stereocenters. The number of aryl methyl sites for hydroxylation is 2. The van der Waals surface area contributed by atoms with Crippen LogP contribution in [0.15, 0.2) is 42.5 Å². The van der Waals surface area contributed by atoms with Crippen LogP contribution >= 0.6 is 0 Å². The van der Waals surface area contributed by atoms with Gasteiger partial charge in [-0.2, -0.15) is 0 Å². The standard InChI is InChI=1S/C25H33NO3/c1-18-5-3-4-6-23(18)25-13-7-19-17-22(12-14-24(19)29-25)28-21-10-8-20(9-11-21)26-15-16-27-2/h3-6,12,14,17,20-21,25-26H,7-11,13,15-16H2,1-2H3. The van der Waals surface area contributed by atoms with Crippen LogP contribution in [0.4, 0.5) is 0 Å². The molecule has 2 aliphatic rings. The van der Waals surface area contributed by atoms with Gasteiger partial charge < -0.3 is 19.5 Å². The quantitative estimate of drug-likeness (QED) is 0.671. The Morgan fingerprint density at radius 3 is 2.66 bits per heavy atom. The van der Waals surface area contributed by atoms with Crippen molar-refractivity contribution in [2.24, 2.45) is 0 Å². The van der Waals surface area contributed by atoms with Gasteiger partial charge in [-0.1, -0.05) is 24.3 Å². The lowest BCUT2D eigenvalue weighted by atomic mass is 9.92. The predicted molar refractivity (Wildman–Crippen MR) is 116 cm³/mol. The highest BCUT2D eigenvalue weighted by Crippen LogP contribution is 2.38. The maximum absolute atomic E-state index is 6.33. The van der Waals surface area contributed by atoms with Crippen molar-refractivity contribution in [3.05, 3.63) is 59.2 Å². The lowest BCUT2D eigenvalue weighted by molar-refractivity contribution is 0.133. The van der Waals surface area contributed by atoms with Gasteiger partial charge in [0.15, 0.2) is 0 Å². The van der Waals surface area contributed by atoms with Gasteiger partial charge in [0, 0.05) is 19.7 Å². The lowest BCUT2D eigenvalue weighted by Gasteiger charge is -2.31. The zero-order chi connectivity index (χ0) is 20.1. The number of nitrogens with one attached hydrogen (secondary N) is 1. The molecule has 2 aromatic carbocycles. The number of methoxy groups -OCH3 is 1. The van der Waals surface area contributed by atoms with E-state index in [1.807, 2.05) is 0 Å². The first kappa shape index (κ1) is 20.2. The van der Waals surface area contributed by atoms with Gasteiger partial charge in [-0.25, -0.2) is 0 Å². The first-order valence-corrected chi connectivity index (χ1v) is 11.0. The van der Waals surface area contributed by atoms with Gasteiger partial charge in [-0.05, 0) is 80.3 Å². The highest BCUT2D eigenvalue weighted by Gasteiger charge is 2.25. The van der Waals surface area contributed by atoms with E-state index in [4.69, 9.17) is 14.2 Å². The highest BCUT2D eigenvalue weighted by molar-refractivity contribution is 5.43. The zero-order valence-corrected chi connectivity index (χ0v) is 17.7. The van der Waals surface area contributed by atoms with Crippen LogP contribution in [0.5, 0.6) is 11.5 Å². The second kappa shape index (κ2) is 9.64. The Labute approximate surface area is 174 Å². The highest BCUT2D eigenvalue weighted by atomic mass is 16.5. The molecule has 156 valence electrons. The fraction of sp³-hybridized carbons (Fsp3) is 0.520. The van der Waals surface area contributed by atoms with Gasteiger partial charge in [0.2, 0.25) is 0 Å². The van der Waals surface area contributed by atoms with E-state index in [9.17, 15) is 0 Å². The van der Waals surface area contributed by atoms with Gasteiger partial charge in [-0.15, -0.1) is 0 Å². The maximum atomic E-state index is 6.33. The molecule has 1 aliphatic carbocycles. The summed E-state index contributed by atoms with van der Waals surface area (Å²) in [6.45, 7) is 3.87. The molecule has 0 amide bonds. The van der Waals surface area contributed by atoms with E-state index < -0.39 is 0 Å². The third-order valence-electron chi connectivity index (χ3n) is 6.23. The SMILES string of the molecule is COCCNC1CCC(Oc2ccc3c(c2)CCC(c2ccccc2C)O3)CC1. The smallest absolute Gasteiger partial charge is 0.124 e. The van der Waals surface area contributed by atoms with Crippen molar-refractivity contribution < 1.29 is 14.2 Å². The number of hydrogen-bond acceptors (Lipinski definition) is 4. The molecule has 1 aliphatic heterocycles. The van der Waals surface area contributed by atoms with Crippen molar-refractivity contribution in [1.82, 2.24) is 5.32 Å². The van der Waals surface area contributed by atoms with Crippen molar-refractivity contribution in [2.45, 2.75) is 63.7 Å². The largest absolute Gasteiger partial charge is 0.490 e. The number of ether oxygens (including phenoxy) is 3. The van der Waals surface area contributed by atoms with Crippen LogP contribution in [0, 0.1) is 6.92 Å². The molecule has 4 rings (SSSR count). The van der Waals surface area contributed by atoms with Crippen molar-refractivity contribution in [1.29, 1.82) is 0 Å². The second-order valence-electron chi connectivity index (χ2n) is 8.31. The summed E-state index contributed by atoms with van der Waals surface area (Å²) in [5.41, 5.74) is 3.87. The van der Waals surface area contributed by atoms with E-state index in [1.54, 1.807) is 7.11 Å². The van der Waals surface area contributed by atoms with Crippen LogP contribution in [0.3, 0.4) is 0 Å². The molecule has 0 radical (unpaired) electrons. The molecule has 0 spiro atoms. The Morgan fingerprint density at radius 2 is 1.86 bits per heavy atom. The molecular weight excluding hydrogens is 362 g/mol. The molecular formula is C25H33NO3. The van der Waals surface area contributed by atoms with Crippen LogP contribution < -0.4 is 14.8 Å². The number of hydrogen-bond donors (Lipinski definition) is 1. The fourth-order valence-electron chi connectivity index (χ4n) is 4.55. The Balaban J connectivity index is 1.31. The molecule has 1 N–H and O–H groups in total. The summed E-state index contributed by atoms with van der Waals surface area (Å²) in [5, 5.41) is 3.57. The van der Waals surface area contributed by atoms with Gasteiger partial charge in [-0.3, -0.25) is 0 Å². The molecule has 0 aromatic heterocycles. The monoisotopic (exact) mass is 395 g/mol. The van der Waals surface area contributed by atoms with Gasteiger partial charge in [0.25, 0.3) is 0 Å². The predicted octanol–water partition coefficient (Wildman–Crippen LogP) is 4.99. The van der Waals surface area contributed by atoms with Crippen molar-refractivity contribution in [2.75, 3.05) is 20.3 Å². The average Bonchev–Trinajstić information content (AvgIpc) is 2.75. The van der Waals surface area contributed by atoms with Crippen LogP contribution in [-0.2, 0) is 11.2 Å². The van der Waals surface area contributed by atoms with E-state index in [1.165, 1.54) is 29.5 Å². The third kappa shape index (κ3) is 5.12. The van der Waals surface area contributed by atoms with E-state index >= 15 is 0 Å². The molecule has 0 bridgehead atoms. The number of benzene rings is 2. The second-order valence-corrected chi connectivity index (χ2v) is 8.31. The first-order valence-electron chi connectivity index (χ1n) is 11.0. The Morgan fingerprint density at radius 1 is 1.03 bits per heavy atom. The molecule has 1 saturated carbocycles. The van der Waals surface area contributed by atoms with E-state index in [2.05, 4.69) is 54.7 Å². The van der Waals surface area contributed by atoms with Crippen molar-refractivity contribution >= 4 is 0 Å². The topological polar surface area (TPSA) is 39.7 Å². The summed E-state index contributed by atoms with van der Waals surface area (Å²) >= 11 is 0. The van der Waals surface area contributed by atoms with Gasteiger partial charge >= 0.3 is 0 Å². The molecule has 0 saturated heterocycles. The van der Waals surface area contributed by atoms with Crippen molar-refractivity contribution in [3.63, 3.8) is 0 Å². The summed E-state index contributed by atoms with van der Waals surface area (Å²) in [4.78, 5) is 0. The van der Waals surface area contributed by atoms with Crippen LogP contribution in [0.25, 0.3) is 0 Å². The summed E-state index contributed by atoms with van der Waals surface area (Å²) in [7, 11) is 1.75. The number of fused-ring (bicyclic) bond motifs is 1. The Kier molecular flexibility index (Phi) is 6.73. The van der Waals surface area contributed by atoms with Gasteiger partial charge in [0.05, 0.1) is 12.7 Å². The number of rotatable bonds is 7. The Bertz CT molecular complexity index is 798.